The van der Waals surface area contributed by atoms with Crippen molar-refractivity contribution in [2.24, 2.45) is 0 Å². The van der Waals surface area contributed by atoms with E-state index >= 15 is 0 Å². The number of nitrogens with one attached hydrogen (secondary N) is 1. The van der Waals surface area contributed by atoms with Crippen molar-refractivity contribution in [2.45, 2.75) is 33.2 Å². The lowest BCUT2D eigenvalue weighted by Crippen LogP contribution is -2.35. The lowest BCUT2D eigenvalue weighted by molar-refractivity contribution is -0.119. The molecular weight excluding hydrogens is 356 g/mol. The van der Waals surface area contributed by atoms with Gasteiger partial charge in [-0.25, -0.2) is 14.5 Å². The van der Waals surface area contributed by atoms with Gasteiger partial charge in [-0.1, -0.05) is 0 Å². The smallest absolute Gasteiger partial charge is 0.217 e. The molecule has 1 saturated heterocycles. The average molecular weight is 380 g/mol. The van der Waals surface area contributed by atoms with E-state index in [1.807, 2.05) is 30.5 Å². The van der Waals surface area contributed by atoms with Crippen LogP contribution in [-0.2, 0) is 4.79 Å². The molecule has 1 fully saturated rings. The maximum Gasteiger partial charge on any atom is 0.217 e. The van der Waals surface area contributed by atoms with Crippen LogP contribution in [0.3, 0.4) is 0 Å². The zero-order chi connectivity index (χ0) is 19.8. The van der Waals surface area contributed by atoms with E-state index in [1.165, 1.54) is 0 Å². The van der Waals surface area contributed by atoms with Crippen molar-refractivity contribution in [1.29, 1.82) is 0 Å². The number of carbonyl (C=O) groups is 1. The molecule has 0 bridgehead atoms. The van der Waals surface area contributed by atoms with Gasteiger partial charge in [-0.3, -0.25) is 4.79 Å². The van der Waals surface area contributed by atoms with Gasteiger partial charge in [0.05, 0.1) is 29.9 Å². The first-order valence-corrected chi connectivity index (χ1v) is 9.35. The standard InChI is InChI=1S/C20H24N6O2/c1-12-9-17(25-8-7-16(11-25)23-14(3)27)20-22-13(2)19(26(20)24-12)15-5-6-18(28-4)21-10-15/h5-6,9-10,16H,7-8,11H2,1-4H3,(H,23,27). The van der Waals surface area contributed by atoms with Gasteiger partial charge in [0.1, 0.15) is 0 Å². The number of rotatable bonds is 4. The molecule has 1 unspecified atom stereocenters. The number of imidazole rings is 1. The van der Waals surface area contributed by atoms with E-state index < -0.39 is 0 Å². The second-order valence-corrected chi connectivity index (χ2v) is 7.17. The van der Waals surface area contributed by atoms with Crippen LogP contribution in [0.4, 0.5) is 5.69 Å². The van der Waals surface area contributed by atoms with Gasteiger partial charge in [0.25, 0.3) is 0 Å². The van der Waals surface area contributed by atoms with Crippen LogP contribution >= 0.6 is 0 Å². The largest absolute Gasteiger partial charge is 0.481 e. The summed E-state index contributed by atoms with van der Waals surface area (Å²) in [7, 11) is 1.60. The highest BCUT2D eigenvalue weighted by atomic mass is 16.5. The van der Waals surface area contributed by atoms with Crippen LogP contribution in [0, 0.1) is 13.8 Å². The Morgan fingerprint density at radius 2 is 2.14 bits per heavy atom. The van der Waals surface area contributed by atoms with E-state index in [1.54, 1.807) is 20.2 Å². The predicted molar refractivity (Wildman–Crippen MR) is 107 cm³/mol. The minimum Gasteiger partial charge on any atom is -0.481 e. The normalized spacial score (nSPS) is 16.6. The van der Waals surface area contributed by atoms with Crippen molar-refractivity contribution in [3.63, 3.8) is 0 Å². The number of anilines is 1. The van der Waals surface area contributed by atoms with Gasteiger partial charge < -0.3 is 15.0 Å². The molecule has 0 radical (unpaired) electrons. The fourth-order valence-electron chi connectivity index (χ4n) is 3.82. The lowest BCUT2D eigenvalue weighted by atomic mass is 10.2. The highest BCUT2D eigenvalue weighted by Gasteiger charge is 2.26. The van der Waals surface area contributed by atoms with E-state index in [4.69, 9.17) is 14.8 Å². The molecule has 0 spiro atoms. The Morgan fingerprint density at radius 1 is 1.32 bits per heavy atom. The maximum absolute atomic E-state index is 11.4. The van der Waals surface area contributed by atoms with Gasteiger partial charge in [0.2, 0.25) is 11.8 Å². The van der Waals surface area contributed by atoms with Crippen LogP contribution in [0.5, 0.6) is 5.88 Å². The number of aryl methyl sites for hydroxylation is 2. The summed E-state index contributed by atoms with van der Waals surface area (Å²) in [6.45, 7) is 7.16. The van der Waals surface area contributed by atoms with Gasteiger partial charge >= 0.3 is 0 Å². The molecule has 28 heavy (non-hydrogen) atoms. The van der Waals surface area contributed by atoms with Gasteiger partial charge in [0, 0.05) is 43.9 Å². The van der Waals surface area contributed by atoms with Crippen molar-refractivity contribution in [3.8, 4) is 17.1 Å². The Hall–Kier alpha value is -3.16. The average Bonchev–Trinajstić information content (AvgIpc) is 3.24. The first-order valence-electron chi connectivity index (χ1n) is 9.35. The number of pyridine rings is 1. The van der Waals surface area contributed by atoms with Gasteiger partial charge in [-0.05, 0) is 32.4 Å². The molecule has 3 aromatic heterocycles. The minimum atomic E-state index is 0.00820. The van der Waals surface area contributed by atoms with Crippen LogP contribution < -0.4 is 15.0 Å². The van der Waals surface area contributed by atoms with Crippen molar-refractivity contribution >= 4 is 17.2 Å². The summed E-state index contributed by atoms with van der Waals surface area (Å²) in [6, 6.07) is 6.03. The monoisotopic (exact) mass is 380 g/mol. The van der Waals surface area contributed by atoms with Crippen LogP contribution in [0.15, 0.2) is 24.4 Å². The summed E-state index contributed by atoms with van der Waals surface area (Å²) in [4.78, 5) is 22.8. The number of fused-ring (bicyclic) bond motifs is 1. The Bertz CT molecular complexity index is 1030. The molecule has 4 heterocycles. The predicted octanol–water partition coefficient (Wildman–Crippen LogP) is 2.13. The van der Waals surface area contributed by atoms with Crippen molar-refractivity contribution in [3.05, 3.63) is 35.8 Å². The molecular formula is C20H24N6O2. The molecule has 1 amide bonds. The number of carbonyl (C=O) groups excluding carboxylic acids is 1. The molecule has 146 valence electrons. The van der Waals surface area contributed by atoms with Crippen LogP contribution in [-0.4, -0.2) is 51.7 Å². The number of aromatic nitrogens is 4. The van der Waals surface area contributed by atoms with E-state index in [0.29, 0.717) is 5.88 Å². The second kappa shape index (κ2) is 7.10. The summed E-state index contributed by atoms with van der Waals surface area (Å²) in [5, 5.41) is 7.73. The Morgan fingerprint density at radius 3 is 2.82 bits per heavy atom. The summed E-state index contributed by atoms with van der Waals surface area (Å²) in [5.41, 5.74) is 5.52. The number of amides is 1. The first-order chi connectivity index (χ1) is 13.5. The molecule has 0 saturated carbocycles. The zero-order valence-corrected chi connectivity index (χ0v) is 16.6. The summed E-state index contributed by atoms with van der Waals surface area (Å²) < 4.78 is 7.06. The number of methoxy groups -OCH3 is 1. The molecule has 3 aromatic rings. The Labute approximate surface area is 163 Å². The molecule has 4 rings (SSSR count). The fraction of sp³-hybridized carbons (Fsp3) is 0.400. The molecule has 0 aromatic carbocycles. The molecule has 1 aliphatic rings. The van der Waals surface area contributed by atoms with Crippen LogP contribution in [0.25, 0.3) is 16.9 Å². The number of ether oxygens (including phenoxy) is 1. The maximum atomic E-state index is 11.4. The third kappa shape index (κ3) is 3.26. The molecule has 1 N–H and O–H groups in total. The molecule has 1 atom stereocenters. The van der Waals surface area contributed by atoms with Crippen LogP contribution in [0.2, 0.25) is 0 Å². The molecule has 8 heteroatoms. The number of nitrogens with zero attached hydrogens (tertiary/aromatic N) is 5. The quantitative estimate of drug-likeness (QED) is 0.746. The van der Waals surface area contributed by atoms with Gasteiger partial charge in [-0.2, -0.15) is 5.10 Å². The fourth-order valence-corrected chi connectivity index (χ4v) is 3.82. The van der Waals surface area contributed by atoms with Crippen molar-refractivity contribution in [1.82, 2.24) is 24.9 Å². The highest BCUT2D eigenvalue weighted by molar-refractivity contribution is 5.76. The molecule has 0 aliphatic carbocycles. The van der Waals surface area contributed by atoms with Crippen molar-refractivity contribution < 1.29 is 9.53 Å². The molecule has 8 nitrogen and oxygen atoms in total. The Balaban J connectivity index is 1.77. The lowest BCUT2D eigenvalue weighted by Gasteiger charge is -2.20. The minimum absolute atomic E-state index is 0.00820. The highest BCUT2D eigenvalue weighted by Crippen LogP contribution is 2.31. The SMILES string of the molecule is COc1ccc(-c2c(C)nc3c(N4CCC(NC(C)=O)C4)cc(C)nn23)cn1. The summed E-state index contributed by atoms with van der Waals surface area (Å²) in [6.07, 6.45) is 2.70. The Kier molecular flexibility index (Phi) is 4.62. The van der Waals surface area contributed by atoms with E-state index in [2.05, 4.69) is 21.3 Å². The third-order valence-electron chi connectivity index (χ3n) is 5.02. The topological polar surface area (TPSA) is 84.6 Å². The summed E-state index contributed by atoms with van der Waals surface area (Å²) >= 11 is 0. The number of hydrogen-bond donors (Lipinski definition) is 1. The third-order valence-corrected chi connectivity index (χ3v) is 5.02. The number of hydrogen-bond acceptors (Lipinski definition) is 6. The zero-order valence-electron chi connectivity index (χ0n) is 16.6. The van der Waals surface area contributed by atoms with E-state index in [0.717, 1.165) is 53.5 Å². The summed E-state index contributed by atoms with van der Waals surface area (Å²) in [5.74, 6) is 0.579. The van der Waals surface area contributed by atoms with Crippen LogP contribution in [0.1, 0.15) is 24.7 Å². The van der Waals surface area contributed by atoms with Gasteiger partial charge in [-0.15, -0.1) is 0 Å². The van der Waals surface area contributed by atoms with E-state index in [-0.39, 0.29) is 11.9 Å². The molecule has 1 aliphatic heterocycles. The van der Waals surface area contributed by atoms with Gasteiger partial charge in [0.15, 0.2) is 5.65 Å². The van der Waals surface area contributed by atoms with Crippen molar-refractivity contribution in [2.75, 3.05) is 25.1 Å². The first kappa shape index (κ1) is 18.2. The second-order valence-electron chi connectivity index (χ2n) is 7.17. The van der Waals surface area contributed by atoms with E-state index in [9.17, 15) is 4.79 Å².